The zero-order valence-electron chi connectivity index (χ0n) is 10.1. The number of ether oxygens (including phenoxy) is 1. The van der Waals surface area contributed by atoms with Gasteiger partial charge in [0.25, 0.3) is 0 Å². The van der Waals surface area contributed by atoms with Crippen molar-refractivity contribution in [3.63, 3.8) is 0 Å². The number of benzene rings is 1. The predicted molar refractivity (Wildman–Crippen MR) is 69.8 cm³/mol. The molecule has 0 spiro atoms. The van der Waals surface area contributed by atoms with Crippen molar-refractivity contribution in [2.24, 2.45) is 0 Å². The lowest BCUT2D eigenvalue weighted by molar-refractivity contribution is 0.406. The molecular weight excluding hydrogens is 228 g/mol. The average molecular weight is 242 g/mol. The maximum absolute atomic E-state index is 10.1. The number of allylic oxidation sites excluding steroid dienone is 5. The van der Waals surface area contributed by atoms with Crippen molar-refractivity contribution in [3.05, 3.63) is 52.8 Å². The minimum Gasteiger partial charge on any atom is -0.508 e. The second kappa shape index (κ2) is 3.95. The molecule has 0 atom stereocenters. The molecule has 2 aliphatic carbocycles. The Balaban J connectivity index is 2.20. The zero-order chi connectivity index (χ0) is 12.7. The lowest BCUT2D eigenvalue weighted by Crippen LogP contribution is -2.06. The lowest BCUT2D eigenvalue weighted by atomic mass is 9.82. The zero-order valence-corrected chi connectivity index (χ0v) is 10.1. The van der Waals surface area contributed by atoms with Gasteiger partial charge in [0.05, 0.1) is 7.11 Å². The molecule has 3 nitrogen and oxygen atoms in total. The van der Waals surface area contributed by atoms with Gasteiger partial charge < -0.3 is 14.9 Å². The van der Waals surface area contributed by atoms with E-state index in [0.717, 1.165) is 28.7 Å². The molecule has 2 aliphatic rings. The maximum atomic E-state index is 10.1. The quantitative estimate of drug-likeness (QED) is 0.795. The second-order valence-electron chi connectivity index (χ2n) is 4.51. The van der Waals surface area contributed by atoms with Crippen molar-refractivity contribution >= 4 is 5.57 Å². The van der Waals surface area contributed by atoms with E-state index in [1.54, 1.807) is 25.3 Å². The minimum atomic E-state index is 0.205. The first-order valence-corrected chi connectivity index (χ1v) is 5.89. The molecule has 0 bridgehead atoms. The van der Waals surface area contributed by atoms with E-state index in [-0.39, 0.29) is 11.5 Å². The molecule has 0 heterocycles. The van der Waals surface area contributed by atoms with Crippen molar-refractivity contribution in [2.45, 2.75) is 12.8 Å². The molecule has 3 heteroatoms. The molecule has 0 fully saturated rings. The van der Waals surface area contributed by atoms with Gasteiger partial charge in [-0.3, -0.25) is 0 Å². The van der Waals surface area contributed by atoms with Gasteiger partial charge in [-0.1, -0.05) is 6.08 Å². The van der Waals surface area contributed by atoms with Crippen LogP contribution in [0.4, 0.5) is 0 Å². The van der Waals surface area contributed by atoms with Gasteiger partial charge in [0.15, 0.2) is 0 Å². The van der Waals surface area contributed by atoms with Gasteiger partial charge in [0.1, 0.15) is 17.3 Å². The van der Waals surface area contributed by atoms with Crippen LogP contribution in [0.5, 0.6) is 11.5 Å². The summed E-state index contributed by atoms with van der Waals surface area (Å²) in [6.45, 7) is 0. The van der Waals surface area contributed by atoms with E-state index >= 15 is 0 Å². The number of hydrogen-bond donors (Lipinski definition) is 2. The molecule has 3 rings (SSSR count). The van der Waals surface area contributed by atoms with Crippen LogP contribution < -0.4 is 4.74 Å². The Labute approximate surface area is 105 Å². The van der Waals surface area contributed by atoms with Gasteiger partial charge in [-0.05, 0) is 47.8 Å². The molecule has 0 radical (unpaired) electrons. The van der Waals surface area contributed by atoms with Crippen LogP contribution in [0.3, 0.4) is 0 Å². The molecule has 92 valence electrons. The molecule has 1 aromatic rings. The normalized spacial score (nSPS) is 17.1. The summed E-state index contributed by atoms with van der Waals surface area (Å²) in [4.78, 5) is 0. The summed E-state index contributed by atoms with van der Waals surface area (Å²) in [6, 6.07) is 3.54. The second-order valence-corrected chi connectivity index (χ2v) is 4.51. The molecule has 2 N–H and O–H groups in total. The summed E-state index contributed by atoms with van der Waals surface area (Å²) in [6.07, 6.45) is 7.11. The fourth-order valence-corrected chi connectivity index (χ4v) is 2.53. The first kappa shape index (κ1) is 11.0. The number of aromatic hydroxyl groups is 1. The summed E-state index contributed by atoms with van der Waals surface area (Å²) in [5.41, 5.74) is 3.90. The molecule has 0 aliphatic heterocycles. The summed E-state index contributed by atoms with van der Waals surface area (Å²) < 4.78 is 5.16. The summed E-state index contributed by atoms with van der Waals surface area (Å²) >= 11 is 0. The molecule has 0 saturated heterocycles. The third kappa shape index (κ3) is 1.59. The van der Waals surface area contributed by atoms with Crippen molar-refractivity contribution in [3.8, 4) is 11.5 Å². The van der Waals surface area contributed by atoms with E-state index < -0.39 is 0 Å². The molecule has 0 amide bonds. The third-order valence-corrected chi connectivity index (χ3v) is 3.42. The van der Waals surface area contributed by atoms with Crippen LogP contribution in [0.15, 0.2) is 41.7 Å². The fourth-order valence-electron chi connectivity index (χ4n) is 2.53. The minimum absolute atomic E-state index is 0.205. The van der Waals surface area contributed by atoms with Crippen molar-refractivity contribution in [1.82, 2.24) is 0 Å². The van der Waals surface area contributed by atoms with E-state index in [2.05, 4.69) is 6.08 Å². The standard InChI is InChI=1S/C15H14O3/c1-18-12-6-10-3-2-9-4-5-11(16)7-13(9)15(10)14(17)8-12/h2,5-8,16-17H,3-4H2,1H3. The molecule has 0 unspecified atom stereocenters. The van der Waals surface area contributed by atoms with Gasteiger partial charge in [-0.15, -0.1) is 0 Å². The fraction of sp³-hybridized carbons (Fsp3) is 0.200. The van der Waals surface area contributed by atoms with Crippen molar-refractivity contribution in [2.75, 3.05) is 7.11 Å². The van der Waals surface area contributed by atoms with Crippen LogP contribution in [0, 0.1) is 0 Å². The first-order chi connectivity index (χ1) is 8.69. The number of rotatable bonds is 1. The van der Waals surface area contributed by atoms with Gasteiger partial charge in [-0.2, -0.15) is 0 Å². The van der Waals surface area contributed by atoms with Crippen LogP contribution in [-0.4, -0.2) is 17.3 Å². The van der Waals surface area contributed by atoms with Gasteiger partial charge in [0.2, 0.25) is 0 Å². The number of methoxy groups -OCH3 is 1. The highest BCUT2D eigenvalue weighted by Gasteiger charge is 2.23. The summed E-state index contributed by atoms with van der Waals surface area (Å²) in [5.74, 6) is 1.11. The molecular formula is C15H14O3. The number of fused-ring (bicyclic) bond motifs is 3. The number of phenols is 1. The molecule has 18 heavy (non-hydrogen) atoms. The third-order valence-electron chi connectivity index (χ3n) is 3.42. The average Bonchev–Trinajstić information content (AvgIpc) is 2.37. The lowest BCUT2D eigenvalue weighted by Gasteiger charge is -2.24. The highest BCUT2D eigenvalue weighted by Crippen LogP contribution is 2.42. The van der Waals surface area contributed by atoms with E-state index in [1.165, 1.54) is 0 Å². The van der Waals surface area contributed by atoms with Gasteiger partial charge in [0, 0.05) is 11.6 Å². The van der Waals surface area contributed by atoms with Crippen molar-refractivity contribution in [1.29, 1.82) is 0 Å². The number of hydrogen-bond acceptors (Lipinski definition) is 3. The Kier molecular flexibility index (Phi) is 2.40. The van der Waals surface area contributed by atoms with E-state index in [4.69, 9.17) is 4.74 Å². The monoisotopic (exact) mass is 242 g/mol. The van der Waals surface area contributed by atoms with Crippen LogP contribution in [0.1, 0.15) is 17.5 Å². The Morgan fingerprint density at radius 3 is 2.72 bits per heavy atom. The van der Waals surface area contributed by atoms with E-state index in [0.29, 0.717) is 12.2 Å². The number of aliphatic hydroxyl groups excluding tert-OH is 1. The molecule has 0 saturated carbocycles. The summed E-state index contributed by atoms with van der Waals surface area (Å²) in [7, 11) is 1.58. The Hall–Kier alpha value is -2.16. The molecule has 0 aromatic heterocycles. The SMILES string of the molecule is COc1cc(O)c2c(c1)CC=C1CC=C(O)C=C12. The van der Waals surface area contributed by atoms with Gasteiger partial charge in [-0.25, -0.2) is 0 Å². The maximum Gasteiger partial charge on any atom is 0.127 e. The Morgan fingerprint density at radius 1 is 1.11 bits per heavy atom. The topological polar surface area (TPSA) is 49.7 Å². The smallest absolute Gasteiger partial charge is 0.127 e. The number of aliphatic hydroxyl groups is 1. The van der Waals surface area contributed by atoms with Crippen LogP contribution in [0.25, 0.3) is 5.57 Å². The van der Waals surface area contributed by atoms with E-state index in [1.807, 2.05) is 6.07 Å². The van der Waals surface area contributed by atoms with Crippen LogP contribution >= 0.6 is 0 Å². The van der Waals surface area contributed by atoms with Gasteiger partial charge >= 0.3 is 0 Å². The predicted octanol–water partition coefficient (Wildman–Crippen LogP) is 3.11. The first-order valence-electron chi connectivity index (χ1n) is 5.89. The highest BCUT2D eigenvalue weighted by molar-refractivity contribution is 5.88. The van der Waals surface area contributed by atoms with Crippen LogP contribution in [0.2, 0.25) is 0 Å². The Bertz CT molecular complexity index is 606. The summed E-state index contributed by atoms with van der Waals surface area (Å²) in [5, 5.41) is 19.8. The highest BCUT2D eigenvalue weighted by atomic mass is 16.5. The Morgan fingerprint density at radius 2 is 1.94 bits per heavy atom. The van der Waals surface area contributed by atoms with Crippen LogP contribution in [-0.2, 0) is 6.42 Å². The molecule has 1 aromatic carbocycles. The van der Waals surface area contributed by atoms with Crippen molar-refractivity contribution < 1.29 is 14.9 Å². The van der Waals surface area contributed by atoms with E-state index in [9.17, 15) is 10.2 Å². The number of phenolic OH excluding ortho intramolecular Hbond substituents is 1. The largest absolute Gasteiger partial charge is 0.508 e.